The molecule has 2 aliphatic heterocycles. The molecule has 0 bridgehead atoms. The average molecular weight is 224 g/mol. The van der Waals surface area contributed by atoms with Crippen LogP contribution in [0, 0.1) is 5.92 Å². The Bertz CT molecular complexity index is 205. The minimum Gasteiger partial charge on any atom is -0.303 e. The molecule has 0 aromatic heterocycles. The predicted octanol–water partition coefficient (Wildman–Crippen LogP) is 2.59. The zero-order chi connectivity index (χ0) is 11.6. The summed E-state index contributed by atoms with van der Waals surface area (Å²) in [7, 11) is 0. The molecule has 0 aromatic rings. The van der Waals surface area contributed by atoms with Crippen molar-refractivity contribution in [2.24, 2.45) is 5.92 Å². The molecule has 0 radical (unpaired) electrons. The minimum absolute atomic E-state index is 0.374. The van der Waals surface area contributed by atoms with Crippen molar-refractivity contribution in [2.75, 3.05) is 32.7 Å². The van der Waals surface area contributed by atoms with Gasteiger partial charge in [-0.15, -0.1) is 0 Å². The normalized spacial score (nSPS) is 26.4. The zero-order valence-corrected chi connectivity index (χ0v) is 11.3. The summed E-state index contributed by atoms with van der Waals surface area (Å²) in [6, 6.07) is 0. The van der Waals surface area contributed by atoms with Crippen LogP contribution >= 0.6 is 0 Å². The molecule has 94 valence electrons. The summed E-state index contributed by atoms with van der Waals surface area (Å²) >= 11 is 0. The van der Waals surface area contributed by atoms with E-state index in [-0.39, 0.29) is 0 Å². The molecule has 0 aromatic carbocycles. The van der Waals surface area contributed by atoms with Crippen molar-refractivity contribution < 1.29 is 0 Å². The first-order valence-electron chi connectivity index (χ1n) is 7.03. The molecule has 2 rings (SSSR count). The van der Waals surface area contributed by atoms with E-state index >= 15 is 0 Å². The monoisotopic (exact) mass is 224 g/mol. The average Bonchev–Trinajstić information content (AvgIpc) is 2.70. The molecule has 2 nitrogen and oxygen atoms in total. The van der Waals surface area contributed by atoms with Gasteiger partial charge in [0.05, 0.1) is 0 Å². The maximum atomic E-state index is 2.68. The fraction of sp³-hybridized carbons (Fsp3) is 1.00. The van der Waals surface area contributed by atoms with Crippen LogP contribution in [0.2, 0.25) is 0 Å². The van der Waals surface area contributed by atoms with Gasteiger partial charge < -0.3 is 4.90 Å². The summed E-state index contributed by atoms with van der Waals surface area (Å²) in [5.41, 5.74) is 0.374. The van der Waals surface area contributed by atoms with E-state index in [4.69, 9.17) is 0 Å². The summed E-state index contributed by atoms with van der Waals surface area (Å²) in [5, 5.41) is 0. The lowest BCUT2D eigenvalue weighted by molar-refractivity contribution is 0.0775. The van der Waals surface area contributed by atoms with Gasteiger partial charge in [0, 0.05) is 12.1 Å². The van der Waals surface area contributed by atoms with Gasteiger partial charge in [-0.3, -0.25) is 4.90 Å². The highest BCUT2D eigenvalue weighted by atomic mass is 15.2. The smallest absolute Gasteiger partial charge is 0.0125 e. The standard InChI is InChI=1S/C14H28N2/c1-14(2,3)16-10-6-13(7-11-16)12-15-8-4-5-9-15/h13H,4-12H2,1-3H3. The van der Waals surface area contributed by atoms with Gasteiger partial charge in [0.25, 0.3) is 0 Å². The lowest BCUT2D eigenvalue weighted by Crippen LogP contribution is -2.47. The van der Waals surface area contributed by atoms with Crippen LogP contribution in [-0.2, 0) is 0 Å². The Morgan fingerprint density at radius 2 is 1.50 bits per heavy atom. The molecule has 0 amide bonds. The molecular formula is C14H28N2. The molecule has 2 aliphatic rings. The van der Waals surface area contributed by atoms with Gasteiger partial charge in [-0.25, -0.2) is 0 Å². The van der Waals surface area contributed by atoms with Crippen molar-refractivity contribution >= 4 is 0 Å². The highest BCUT2D eigenvalue weighted by Gasteiger charge is 2.28. The summed E-state index contributed by atoms with van der Waals surface area (Å²) in [6.07, 6.45) is 5.68. The largest absolute Gasteiger partial charge is 0.303 e. The van der Waals surface area contributed by atoms with E-state index in [0.29, 0.717) is 5.54 Å². The Kier molecular flexibility index (Phi) is 3.91. The Balaban J connectivity index is 1.72. The summed E-state index contributed by atoms with van der Waals surface area (Å²) < 4.78 is 0. The van der Waals surface area contributed by atoms with Crippen LogP contribution in [-0.4, -0.2) is 48.1 Å². The quantitative estimate of drug-likeness (QED) is 0.711. The molecule has 16 heavy (non-hydrogen) atoms. The van der Waals surface area contributed by atoms with Crippen LogP contribution < -0.4 is 0 Å². The number of rotatable bonds is 2. The van der Waals surface area contributed by atoms with Crippen LogP contribution in [0.1, 0.15) is 46.5 Å². The van der Waals surface area contributed by atoms with E-state index in [9.17, 15) is 0 Å². The molecule has 2 heteroatoms. The first-order chi connectivity index (χ1) is 7.55. The Morgan fingerprint density at radius 1 is 0.938 bits per heavy atom. The number of hydrogen-bond donors (Lipinski definition) is 0. The van der Waals surface area contributed by atoms with E-state index in [1.54, 1.807) is 0 Å². The molecule has 0 N–H and O–H groups in total. The van der Waals surface area contributed by atoms with Gasteiger partial charge in [0.15, 0.2) is 0 Å². The maximum Gasteiger partial charge on any atom is 0.0125 e. The van der Waals surface area contributed by atoms with Crippen LogP contribution in [0.25, 0.3) is 0 Å². The van der Waals surface area contributed by atoms with Crippen molar-refractivity contribution in [3.8, 4) is 0 Å². The SMILES string of the molecule is CC(C)(C)N1CCC(CN2CCCC2)CC1. The van der Waals surface area contributed by atoms with Crippen LogP contribution in [0.4, 0.5) is 0 Å². The Morgan fingerprint density at radius 3 is 2.00 bits per heavy atom. The third kappa shape index (κ3) is 3.21. The molecular weight excluding hydrogens is 196 g/mol. The maximum absolute atomic E-state index is 2.68. The van der Waals surface area contributed by atoms with Crippen molar-refractivity contribution in [2.45, 2.75) is 52.0 Å². The van der Waals surface area contributed by atoms with Crippen LogP contribution in [0.5, 0.6) is 0 Å². The first kappa shape index (κ1) is 12.4. The van der Waals surface area contributed by atoms with Crippen molar-refractivity contribution in [1.29, 1.82) is 0 Å². The van der Waals surface area contributed by atoms with Gasteiger partial charge in [0.2, 0.25) is 0 Å². The molecule has 0 atom stereocenters. The molecule has 2 heterocycles. The van der Waals surface area contributed by atoms with E-state index in [2.05, 4.69) is 30.6 Å². The summed E-state index contributed by atoms with van der Waals surface area (Å²) in [4.78, 5) is 5.32. The second-order valence-corrected chi connectivity index (χ2v) is 6.61. The fourth-order valence-corrected chi connectivity index (χ4v) is 3.12. The number of piperidine rings is 1. The lowest BCUT2D eigenvalue weighted by Gasteiger charge is -2.41. The highest BCUT2D eigenvalue weighted by Crippen LogP contribution is 2.25. The number of nitrogens with zero attached hydrogens (tertiary/aromatic N) is 2. The molecule has 2 fully saturated rings. The highest BCUT2D eigenvalue weighted by molar-refractivity contribution is 4.83. The zero-order valence-electron chi connectivity index (χ0n) is 11.3. The van der Waals surface area contributed by atoms with E-state index in [1.165, 1.54) is 58.4 Å². The van der Waals surface area contributed by atoms with E-state index in [0.717, 1.165) is 5.92 Å². The topological polar surface area (TPSA) is 6.48 Å². The summed E-state index contributed by atoms with van der Waals surface area (Å²) in [5.74, 6) is 0.969. The van der Waals surface area contributed by atoms with Crippen LogP contribution in [0.3, 0.4) is 0 Å². The molecule has 0 spiro atoms. The second-order valence-electron chi connectivity index (χ2n) is 6.61. The van der Waals surface area contributed by atoms with Gasteiger partial charge in [-0.05, 0) is 78.6 Å². The molecule has 0 saturated carbocycles. The van der Waals surface area contributed by atoms with Crippen molar-refractivity contribution in [1.82, 2.24) is 9.80 Å². The Labute approximate surface area is 101 Å². The fourth-order valence-electron chi connectivity index (χ4n) is 3.12. The second kappa shape index (κ2) is 5.05. The number of likely N-dealkylation sites (tertiary alicyclic amines) is 2. The van der Waals surface area contributed by atoms with Crippen molar-refractivity contribution in [3.63, 3.8) is 0 Å². The third-order valence-corrected chi connectivity index (χ3v) is 4.28. The first-order valence-corrected chi connectivity index (χ1v) is 7.03. The molecule has 2 saturated heterocycles. The minimum atomic E-state index is 0.374. The lowest BCUT2D eigenvalue weighted by atomic mass is 9.92. The Hall–Kier alpha value is -0.0800. The van der Waals surface area contributed by atoms with E-state index in [1.807, 2.05) is 0 Å². The van der Waals surface area contributed by atoms with E-state index < -0.39 is 0 Å². The predicted molar refractivity (Wildman–Crippen MR) is 69.7 cm³/mol. The van der Waals surface area contributed by atoms with Gasteiger partial charge in [-0.1, -0.05) is 0 Å². The molecule has 0 unspecified atom stereocenters. The third-order valence-electron chi connectivity index (χ3n) is 4.28. The van der Waals surface area contributed by atoms with Gasteiger partial charge in [0.1, 0.15) is 0 Å². The number of hydrogen-bond acceptors (Lipinski definition) is 2. The summed E-state index contributed by atoms with van der Waals surface area (Å²) in [6.45, 7) is 13.7. The van der Waals surface area contributed by atoms with Crippen LogP contribution in [0.15, 0.2) is 0 Å². The van der Waals surface area contributed by atoms with Crippen molar-refractivity contribution in [3.05, 3.63) is 0 Å². The van der Waals surface area contributed by atoms with Gasteiger partial charge in [-0.2, -0.15) is 0 Å². The van der Waals surface area contributed by atoms with Gasteiger partial charge >= 0.3 is 0 Å². The molecule has 0 aliphatic carbocycles.